The van der Waals surface area contributed by atoms with E-state index in [2.05, 4.69) is 21.2 Å². The summed E-state index contributed by atoms with van der Waals surface area (Å²) >= 11 is 9.56. The van der Waals surface area contributed by atoms with Gasteiger partial charge < -0.3 is 10.2 Å². The minimum absolute atomic E-state index is 0.0624. The van der Waals surface area contributed by atoms with Crippen molar-refractivity contribution in [3.63, 3.8) is 0 Å². The van der Waals surface area contributed by atoms with Crippen LogP contribution in [0, 0.1) is 19.8 Å². The molecule has 0 saturated carbocycles. The Morgan fingerprint density at radius 3 is 2.64 bits per heavy atom. The van der Waals surface area contributed by atoms with Crippen molar-refractivity contribution in [1.82, 2.24) is 0 Å². The SMILES string of the molecule is Cc1ccc(N2C[C@@H](C(=O)Nc3ccc(Br)cc3C)CC2=O)cc1Cl. The molecule has 1 fully saturated rings. The second kappa shape index (κ2) is 7.18. The smallest absolute Gasteiger partial charge is 0.229 e. The van der Waals surface area contributed by atoms with Crippen molar-refractivity contribution >= 4 is 50.7 Å². The van der Waals surface area contributed by atoms with Crippen LogP contribution < -0.4 is 10.2 Å². The van der Waals surface area contributed by atoms with Crippen LogP contribution in [0.2, 0.25) is 5.02 Å². The number of halogens is 2. The lowest BCUT2D eigenvalue weighted by atomic mass is 10.1. The number of carbonyl (C=O) groups is 2. The summed E-state index contributed by atoms with van der Waals surface area (Å²) in [4.78, 5) is 26.5. The van der Waals surface area contributed by atoms with E-state index >= 15 is 0 Å². The van der Waals surface area contributed by atoms with Crippen molar-refractivity contribution in [2.75, 3.05) is 16.8 Å². The average Bonchev–Trinajstić information content (AvgIpc) is 2.95. The van der Waals surface area contributed by atoms with E-state index in [9.17, 15) is 9.59 Å². The molecule has 1 aliphatic rings. The normalized spacial score (nSPS) is 17.0. The van der Waals surface area contributed by atoms with Gasteiger partial charge in [0.15, 0.2) is 0 Å². The molecule has 1 aliphatic heterocycles. The van der Waals surface area contributed by atoms with Gasteiger partial charge in [0.2, 0.25) is 11.8 Å². The molecule has 0 bridgehead atoms. The molecule has 0 unspecified atom stereocenters. The number of rotatable bonds is 3. The van der Waals surface area contributed by atoms with Crippen LogP contribution in [0.15, 0.2) is 40.9 Å². The Bertz CT molecular complexity index is 853. The number of carbonyl (C=O) groups excluding carboxylic acids is 2. The molecule has 1 N–H and O–H groups in total. The van der Waals surface area contributed by atoms with Gasteiger partial charge in [0.05, 0.1) is 5.92 Å². The second-order valence-electron chi connectivity index (χ2n) is 6.29. The maximum Gasteiger partial charge on any atom is 0.229 e. The lowest BCUT2D eigenvalue weighted by molar-refractivity contribution is -0.122. The van der Waals surface area contributed by atoms with E-state index in [1.165, 1.54) is 0 Å². The predicted octanol–water partition coefficient (Wildman–Crippen LogP) is 4.71. The molecule has 4 nitrogen and oxygen atoms in total. The topological polar surface area (TPSA) is 49.4 Å². The Kier molecular flexibility index (Phi) is 5.16. The van der Waals surface area contributed by atoms with Gasteiger partial charge in [-0.3, -0.25) is 9.59 Å². The molecule has 2 amide bonds. The number of anilines is 2. The monoisotopic (exact) mass is 420 g/mol. The molecule has 3 rings (SSSR count). The van der Waals surface area contributed by atoms with Gasteiger partial charge in [0.25, 0.3) is 0 Å². The standard InChI is InChI=1S/C19H18BrClN2O2/c1-11-3-5-15(9-16(11)21)23-10-13(8-18(23)24)19(25)22-17-6-4-14(20)7-12(17)2/h3-7,9,13H,8,10H2,1-2H3,(H,22,25)/t13-/m0/s1. The highest BCUT2D eigenvalue weighted by atomic mass is 79.9. The lowest BCUT2D eigenvalue weighted by Crippen LogP contribution is -2.28. The van der Waals surface area contributed by atoms with Gasteiger partial charge in [-0.2, -0.15) is 0 Å². The fraction of sp³-hybridized carbons (Fsp3) is 0.263. The van der Waals surface area contributed by atoms with E-state index in [0.717, 1.165) is 27.0 Å². The Balaban J connectivity index is 1.73. The minimum atomic E-state index is -0.379. The van der Waals surface area contributed by atoms with Gasteiger partial charge in [-0.05, 0) is 55.3 Å². The molecule has 130 valence electrons. The molecule has 0 radical (unpaired) electrons. The third kappa shape index (κ3) is 3.88. The molecule has 1 saturated heterocycles. The van der Waals surface area contributed by atoms with E-state index in [1.54, 1.807) is 11.0 Å². The zero-order valence-corrected chi connectivity index (χ0v) is 16.3. The summed E-state index contributed by atoms with van der Waals surface area (Å²) in [5, 5.41) is 3.54. The second-order valence-corrected chi connectivity index (χ2v) is 7.61. The highest BCUT2D eigenvalue weighted by Crippen LogP contribution is 2.30. The highest BCUT2D eigenvalue weighted by Gasteiger charge is 2.35. The zero-order chi connectivity index (χ0) is 18.1. The first-order chi connectivity index (χ1) is 11.8. The van der Waals surface area contributed by atoms with E-state index in [0.29, 0.717) is 11.6 Å². The molecule has 2 aromatic carbocycles. The summed E-state index contributed by atoms with van der Waals surface area (Å²) < 4.78 is 0.960. The van der Waals surface area contributed by atoms with Crippen LogP contribution >= 0.6 is 27.5 Å². The largest absolute Gasteiger partial charge is 0.326 e. The number of benzene rings is 2. The van der Waals surface area contributed by atoms with Gasteiger partial charge in [-0.1, -0.05) is 33.6 Å². The van der Waals surface area contributed by atoms with E-state index in [-0.39, 0.29) is 24.2 Å². The van der Waals surface area contributed by atoms with Gasteiger partial charge in [0, 0.05) is 33.8 Å². The summed E-state index contributed by atoms with van der Waals surface area (Å²) in [6.45, 7) is 4.20. The molecule has 1 heterocycles. The fourth-order valence-electron chi connectivity index (χ4n) is 2.88. The molecule has 0 spiro atoms. The number of amides is 2. The van der Waals surface area contributed by atoms with E-state index in [4.69, 9.17) is 11.6 Å². The molecular weight excluding hydrogens is 404 g/mol. The quantitative estimate of drug-likeness (QED) is 0.780. The van der Waals surface area contributed by atoms with Gasteiger partial charge in [-0.15, -0.1) is 0 Å². The van der Waals surface area contributed by atoms with Crippen LogP contribution in [0.3, 0.4) is 0 Å². The Morgan fingerprint density at radius 1 is 1.20 bits per heavy atom. The zero-order valence-electron chi connectivity index (χ0n) is 14.0. The van der Waals surface area contributed by atoms with Gasteiger partial charge in [-0.25, -0.2) is 0 Å². The van der Waals surface area contributed by atoms with Crippen LogP contribution in [0.1, 0.15) is 17.5 Å². The van der Waals surface area contributed by atoms with Crippen LogP contribution in [0.5, 0.6) is 0 Å². The summed E-state index contributed by atoms with van der Waals surface area (Å²) in [6.07, 6.45) is 0.201. The number of hydrogen-bond donors (Lipinski definition) is 1. The Hall–Kier alpha value is -1.85. The first-order valence-corrected chi connectivity index (χ1v) is 9.16. The third-order valence-electron chi connectivity index (χ3n) is 4.41. The Morgan fingerprint density at radius 2 is 1.96 bits per heavy atom. The number of nitrogens with one attached hydrogen (secondary N) is 1. The number of aryl methyl sites for hydroxylation is 2. The van der Waals surface area contributed by atoms with E-state index < -0.39 is 0 Å². The fourth-order valence-corrected chi connectivity index (χ4v) is 3.53. The molecule has 25 heavy (non-hydrogen) atoms. The average molecular weight is 422 g/mol. The van der Waals surface area contributed by atoms with Crippen LogP contribution in [-0.4, -0.2) is 18.4 Å². The third-order valence-corrected chi connectivity index (χ3v) is 5.31. The van der Waals surface area contributed by atoms with Crippen LogP contribution in [-0.2, 0) is 9.59 Å². The van der Waals surface area contributed by atoms with Crippen molar-refractivity contribution in [2.24, 2.45) is 5.92 Å². The van der Waals surface area contributed by atoms with Crippen LogP contribution in [0.25, 0.3) is 0 Å². The lowest BCUT2D eigenvalue weighted by Gasteiger charge is -2.18. The maximum absolute atomic E-state index is 12.6. The number of hydrogen-bond acceptors (Lipinski definition) is 2. The molecule has 0 aliphatic carbocycles. The predicted molar refractivity (Wildman–Crippen MR) is 104 cm³/mol. The van der Waals surface area contributed by atoms with Crippen molar-refractivity contribution < 1.29 is 9.59 Å². The summed E-state index contributed by atoms with van der Waals surface area (Å²) in [6, 6.07) is 11.2. The molecule has 0 aromatic heterocycles. The van der Waals surface area contributed by atoms with Gasteiger partial charge in [0.1, 0.15) is 0 Å². The van der Waals surface area contributed by atoms with Crippen molar-refractivity contribution in [3.05, 3.63) is 57.0 Å². The molecule has 2 aromatic rings. The molecular formula is C19H18BrClN2O2. The molecule has 6 heteroatoms. The summed E-state index contributed by atoms with van der Waals surface area (Å²) in [7, 11) is 0. The minimum Gasteiger partial charge on any atom is -0.326 e. The van der Waals surface area contributed by atoms with Crippen molar-refractivity contribution in [3.8, 4) is 0 Å². The number of nitrogens with zero attached hydrogens (tertiary/aromatic N) is 1. The Labute approximate surface area is 160 Å². The van der Waals surface area contributed by atoms with Crippen molar-refractivity contribution in [1.29, 1.82) is 0 Å². The van der Waals surface area contributed by atoms with Crippen molar-refractivity contribution in [2.45, 2.75) is 20.3 Å². The van der Waals surface area contributed by atoms with Crippen LogP contribution in [0.4, 0.5) is 11.4 Å². The summed E-state index contributed by atoms with van der Waals surface area (Å²) in [5.41, 5.74) is 3.42. The first-order valence-electron chi connectivity index (χ1n) is 7.98. The van der Waals surface area contributed by atoms with Gasteiger partial charge >= 0.3 is 0 Å². The van der Waals surface area contributed by atoms with E-state index in [1.807, 2.05) is 44.2 Å². The highest BCUT2D eigenvalue weighted by molar-refractivity contribution is 9.10. The molecule has 1 atom stereocenters. The summed E-state index contributed by atoms with van der Waals surface area (Å²) in [5.74, 6) is -0.581. The maximum atomic E-state index is 12.6. The first kappa shape index (κ1) is 18.0.